The molecular formula is C11H14N2O2S. The van der Waals surface area contributed by atoms with Gasteiger partial charge in [-0.05, 0) is 31.5 Å². The minimum atomic E-state index is -3.15. The Morgan fingerprint density at radius 1 is 1.25 bits per heavy atom. The third-order valence-electron chi connectivity index (χ3n) is 3.02. The summed E-state index contributed by atoms with van der Waals surface area (Å²) in [5, 5.41) is 4.10. The summed E-state index contributed by atoms with van der Waals surface area (Å²) >= 11 is 0. The first-order valence-corrected chi connectivity index (χ1v) is 6.85. The largest absolute Gasteiger partial charge is 0.241 e. The number of rotatable bonds is 2. The standard InChI is InChI=1S/C11H14N2O2S/c1-11(2,16(3,14)15)9-4-5-10-6-7-12-13(10)8-9/h4-8H,1-3H3. The summed E-state index contributed by atoms with van der Waals surface area (Å²) in [5.41, 5.74) is 1.69. The molecule has 0 fully saturated rings. The molecule has 0 unspecified atom stereocenters. The molecule has 2 aromatic heterocycles. The molecule has 0 saturated heterocycles. The highest BCUT2D eigenvalue weighted by Gasteiger charge is 2.32. The molecule has 0 spiro atoms. The Labute approximate surface area is 94.8 Å². The van der Waals surface area contributed by atoms with E-state index in [1.54, 1.807) is 30.8 Å². The highest BCUT2D eigenvalue weighted by molar-refractivity contribution is 7.91. The van der Waals surface area contributed by atoms with Gasteiger partial charge in [0, 0.05) is 18.6 Å². The average Bonchev–Trinajstić information content (AvgIpc) is 2.61. The van der Waals surface area contributed by atoms with Crippen molar-refractivity contribution in [3.05, 3.63) is 36.2 Å². The van der Waals surface area contributed by atoms with E-state index >= 15 is 0 Å². The van der Waals surface area contributed by atoms with Gasteiger partial charge in [-0.15, -0.1) is 0 Å². The minimum absolute atomic E-state index is 0.742. The Morgan fingerprint density at radius 2 is 1.94 bits per heavy atom. The number of sulfone groups is 1. The van der Waals surface area contributed by atoms with Crippen LogP contribution in [0.1, 0.15) is 19.4 Å². The summed E-state index contributed by atoms with van der Waals surface area (Å²) < 4.78 is 24.2. The number of hydrogen-bond donors (Lipinski definition) is 0. The molecule has 0 aromatic carbocycles. The van der Waals surface area contributed by atoms with Crippen molar-refractivity contribution in [1.82, 2.24) is 9.61 Å². The van der Waals surface area contributed by atoms with Gasteiger partial charge in [0.1, 0.15) is 0 Å². The maximum atomic E-state index is 11.7. The zero-order valence-electron chi connectivity index (χ0n) is 9.51. The first kappa shape index (κ1) is 11.1. The Hall–Kier alpha value is -1.36. The van der Waals surface area contributed by atoms with Crippen LogP contribution in [0.5, 0.6) is 0 Å². The molecule has 4 nitrogen and oxygen atoms in total. The molecule has 0 bridgehead atoms. The maximum Gasteiger partial charge on any atom is 0.156 e. The fourth-order valence-corrected chi connectivity index (χ4v) is 2.03. The van der Waals surface area contributed by atoms with Crippen LogP contribution in [-0.2, 0) is 14.6 Å². The van der Waals surface area contributed by atoms with E-state index in [9.17, 15) is 8.42 Å². The van der Waals surface area contributed by atoms with Crippen molar-refractivity contribution in [2.75, 3.05) is 6.26 Å². The smallest absolute Gasteiger partial charge is 0.156 e. The second-order valence-electron chi connectivity index (χ2n) is 4.40. The van der Waals surface area contributed by atoms with E-state index in [-0.39, 0.29) is 0 Å². The Morgan fingerprint density at radius 3 is 2.56 bits per heavy atom. The van der Waals surface area contributed by atoms with Crippen LogP contribution in [0.15, 0.2) is 30.6 Å². The Bertz CT molecular complexity index is 626. The highest BCUT2D eigenvalue weighted by atomic mass is 32.2. The van der Waals surface area contributed by atoms with Gasteiger partial charge < -0.3 is 0 Å². The molecule has 0 aliphatic rings. The SMILES string of the molecule is CC(C)(c1ccc2ccnn2c1)S(C)(=O)=O. The maximum absolute atomic E-state index is 11.7. The van der Waals surface area contributed by atoms with E-state index in [1.807, 2.05) is 18.2 Å². The van der Waals surface area contributed by atoms with Gasteiger partial charge in [0.05, 0.1) is 10.3 Å². The van der Waals surface area contributed by atoms with Gasteiger partial charge in [-0.25, -0.2) is 12.9 Å². The fraction of sp³-hybridized carbons (Fsp3) is 0.364. The van der Waals surface area contributed by atoms with Gasteiger partial charge in [-0.1, -0.05) is 6.07 Å². The lowest BCUT2D eigenvalue weighted by Gasteiger charge is -2.22. The third kappa shape index (κ3) is 1.61. The molecule has 5 heteroatoms. The van der Waals surface area contributed by atoms with Crippen LogP contribution in [0.4, 0.5) is 0 Å². The molecular weight excluding hydrogens is 224 g/mol. The molecule has 0 amide bonds. The quantitative estimate of drug-likeness (QED) is 0.798. The number of fused-ring (bicyclic) bond motifs is 1. The molecule has 0 saturated carbocycles. The molecule has 0 N–H and O–H groups in total. The predicted octanol–water partition coefficient (Wildman–Crippen LogP) is 1.61. The van der Waals surface area contributed by atoms with E-state index < -0.39 is 14.6 Å². The summed E-state index contributed by atoms with van der Waals surface area (Å²) in [6, 6.07) is 5.57. The van der Waals surface area contributed by atoms with Crippen molar-refractivity contribution in [2.45, 2.75) is 18.6 Å². The van der Waals surface area contributed by atoms with Gasteiger partial charge in [0.2, 0.25) is 0 Å². The van der Waals surface area contributed by atoms with E-state index in [0.717, 1.165) is 11.1 Å². The summed E-state index contributed by atoms with van der Waals surface area (Å²) in [6.45, 7) is 3.40. The topological polar surface area (TPSA) is 51.4 Å². The predicted molar refractivity (Wildman–Crippen MR) is 63.1 cm³/mol. The van der Waals surface area contributed by atoms with E-state index in [0.29, 0.717) is 0 Å². The van der Waals surface area contributed by atoms with Crippen molar-refractivity contribution in [2.24, 2.45) is 0 Å². The lowest BCUT2D eigenvalue weighted by Crippen LogP contribution is -2.28. The van der Waals surface area contributed by atoms with Gasteiger partial charge in [-0.3, -0.25) is 0 Å². The van der Waals surface area contributed by atoms with Crippen LogP contribution in [0.3, 0.4) is 0 Å². The number of aromatic nitrogens is 2. The van der Waals surface area contributed by atoms with Crippen molar-refractivity contribution in [1.29, 1.82) is 0 Å². The van der Waals surface area contributed by atoms with Gasteiger partial charge in [0.25, 0.3) is 0 Å². The Balaban J connectivity index is 2.63. The first-order valence-electron chi connectivity index (χ1n) is 4.96. The highest BCUT2D eigenvalue weighted by Crippen LogP contribution is 2.28. The van der Waals surface area contributed by atoms with Gasteiger partial charge in [0.15, 0.2) is 9.84 Å². The molecule has 86 valence electrons. The van der Waals surface area contributed by atoms with E-state index in [1.165, 1.54) is 6.26 Å². The van der Waals surface area contributed by atoms with Crippen molar-refractivity contribution >= 4 is 15.4 Å². The first-order chi connectivity index (χ1) is 7.32. The summed E-state index contributed by atoms with van der Waals surface area (Å²) in [6.07, 6.45) is 4.70. The molecule has 0 aliphatic heterocycles. The molecule has 0 aliphatic carbocycles. The second-order valence-corrected chi connectivity index (χ2v) is 6.97. The van der Waals surface area contributed by atoms with Crippen LogP contribution >= 0.6 is 0 Å². The lowest BCUT2D eigenvalue weighted by molar-refractivity contribution is 0.560. The number of pyridine rings is 1. The molecule has 2 heterocycles. The molecule has 2 rings (SSSR count). The van der Waals surface area contributed by atoms with E-state index in [2.05, 4.69) is 5.10 Å². The van der Waals surface area contributed by atoms with Crippen LogP contribution in [0.25, 0.3) is 5.52 Å². The van der Waals surface area contributed by atoms with E-state index in [4.69, 9.17) is 0 Å². The van der Waals surface area contributed by atoms with Crippen LogP contribution in [0, 0.1) is 0 Å². The fourth-order valence-electron chi connectivity index (χ4n) is 1.48. The zero-order chi connectivity index (χ0) is 12.0. The van der Waals surface area contributed by atoms with Crippen molar-refractivity contribution < 1.29 is 8.42 Å². The lowest BCUT2D eigenvalue weighted by atomic mass is 10.0. The second kappa shape index (κ2) is 3.31. The monoisotopic (exact) mass is 238 g/mol. The number of nitrogens with zero attached hydrogens (tertiary/aromatic N) is 2. The molecule has 2 aromatic rings. The van der Waals surface area contributed by atoms with Gasteiger partial charge in [-0.2, -0.15) is 5.10 Å². The van der Waals surface area contributed by atoms with Crippen molar-refractivity contribution in [3.63, 3.8) is 0 Å². The summed E-state index contributed by atoms with van der Waals surface area (Å²) in [4.78, 5) is 0. The van der Waals surface area contributed by atoms with Crippen LogP contribution < -0.4 is 0 Å². The Kier molecular flexibility index (Phi) is 2.31. The minimum Gasteiger partial charge on any atom is -0.241 e. The van der Waals surface area contributed by atoms with Gasteiger partial charge >= 0.3 is 0 Å². The summed E-state index contributed by atoms with van der Waals surface area (Å²) in [7, 11) is -3.15. The van der Waals surface area contributed by atoms with Crippen molar-refractivity contribution in [3.8, 4) is 0 Å². The average molecular weight is 238 g/mol. The van der Waals surface area contributed by atoms with Crippen LogP contribution in [0.2, 0.25) is 0 Å². The molecule has 16 heavy (non-hydrogen) atoms. The number of hydrogen-bond acceptors (Lipinski definition) is 3. The third-order valence-corrected chi connectivity index (χ3v) is 5.11. The zero-order valence-corrected chi connectivity index (χ0v) is 10.3. The summed E-state index contributed by atoms with van der Waals surface area (Å²) in [5.74, 6) is 0. The molecule has 0 atom stereocenters. The molecule has 0 radical (unpaired) electrons. The van der Waals surface area contributed by atoms with Crippen LogP contribution in [-0.4, -0.2) is 24.3 Å². The normalized spacial score (nSPS) is 13.2.